The minimum absolute atomic E-state index is 0.0102. The van der Waals surface area contributed by atoms with Gasteiger partial charge in [-0.15, -0.1) is 0 Å². The molecular formula is C13H18FNO5S. The fraction of sp³-hybridized carbons (Fsp3) is 0.462. The Bertz CT molecular complexity index is 603. The number of carboxylic acids is 1. The van der Waals surface area contributed by atoms with Crippen molar-refractivity contribution in [3.8, 4) is 5.75 Å². The summed E-state index contributed by atoms with van der Waals surface area (Å²) < 4.78 is 43.3. The number of carbonyl (C=O) groups is 1. The van der Waals surface area contributed by atoms with Crippen molar-refractivity contribution in [1.29, 1.82) is 0 Å². The summed E-state index contributed by atoms with van der Waals surface area (Å²) in [5.74, 6) is -1.77. The van der Waals surface area contributed by atoms with Crippen LogP contribution in [0.4, 0.5) is 4.39 Å². The van der Waals surface area contributed by atoms with Crippen LogP contribution in [0.3, 0.4) is 0 Å². The van der Waals surface area contributed by atoms with E-state index in [1.165, 1.54) is 26.3 Å². The molecule has 118 valence electrons. The van der Waals surface area contributed by atoms with Crippen molar-refractivity contribution < 1.29 is 27.4 Å². The molecule has 0 atom stereocenters. The molecule has 0 heterocycles. The zero-order valence-electron chi connectivity index (χ0n) is 11.9. The lowest BCUT2D eigenvalue weighted by atomic mass is 10.2. The normalized spacial score (nSPS) is 11.6. The molecule has 0 aliphatic rings. The first kappa shape index (κ1) is 17.4. The zero-order valence-corrected chi connectivity index (χ0v) is 12.7. The maximum atomic E-state index is 13.5. The van der Waals surface area contributed by atoms with E-state index in [2.05, 4.69) is 0 Å². The maximum absolute atomic E-state index is 13.5. The first-order valence-electron chi connectivity index (χ1n) is 6.24. The standard InChI is InChI=1S/C13H18FNO5S/c1-15(21(18,19)7-3-4-13(16)17)9-10-5-6-12(20-2)11(14)8-10/h5-6,8H,3-4,7,9H2,1-2H3,(H,16,17). The summed E-state index contributed by atoms with van der Waals surface area (Å²) in [6.07, 6.45) is -0.163. The van der Waals surface area contributed by atoms with Gasteiger partial charge < -0.3 is 9.84 Å². The van der Waals surface area contributed by atoms with Gasteiger partial charge in [0.25, 0.3) is 0 Å². The van der Waals surface area contributed by atoms with Crippen molar-refractivity contribution in [2.75, 3.05) is 19.9 Å². The number of nitrogens with zero attached hydrogens (tertiary/aromatic N) is 1. The first-order valence-corrected chi connectivity index (χ1v) is 7.85. The van der Waals surface area contributed by atoms with Gasteiger partial charge in [-0.1, -0.05) is 6.07 Å². The van der Waals surface area contributed by atoms with E-state index in [0.29, 0.717) is 5.56 Å². The highest BCUT2D eigenvalue weighted by atomic mass is 32.2. The molecule has 1 N–H and O–H groups in total. The fourth-order valence-corrected chi connectivity index (χ4v) is 2.89. The Morgan fingerprint density at radius 3 is 2.62 bits per heavy atom. The third-order valence-corrected chi connectivity index (χ3v) is 4.77. The molecule has 0 aliphatic carbocycles. The summed E-state index contributed by atoms with van der Waals surface area (Å²) in [7, 11) is -0.849. The van der Waals surface area contributed by atoms with E-state index < -0.39 is 21.8 Å². The summed E-state index contributed by atoms with van der Waals surface area (Å²) in [5, 5.41) is 8.50. The van der Waals surface area contributed by atoms with Gasteiger partial charge in [-0.25, -0.2) is 17.1 Å². The quantitative estimate of drug-likeness (QED) is 0.784. The van der Waals surface area contributed by atoms with Crippen LogP contribution in [0.2, 0.25) is 0 Å². The van der Waals surface area contributed by atoms with Gasteiger partial charge in [-0.3, -0.25) is 4.79 Å². The summed E-state index contributed by atoms with van der Waals surface area (Å²) in [5.41, 5.74) is 0.484. The minimum atomic E-state index is -3.57. The van der Waals surface area contributed by atoms with Gasteiger partial charge in [-0.05, 0) is 24.1 Å². The first-order chi connectivity index (χ1) is 9.76. The van der Waals surface area contributed by atoms with Gasteiger partial charge in [0.15, 0.2) is 11.6 Å². The van der Waals surface area contributed by atoms with E-state index in [-0.39, 0.29) is 30.9 Å². The molecule has 8 heteroatoms. The predicted octanol–water partition coefficient (Wildman–Crippen LogP) is 1.46. The summed E-state index contributed by atoms with van der Waals surface area (Å²) in [4.78, 5) is 10.4. The Kier molecular flexibility index (Phi) is 6.10. The fourth-order valence-electron chi connectivity index (χ4n) is 1.73. The average molecular weight is 319 g/mol. The van der Waals surface area contributed by atoms with Crippen LogP contribution in [0.15, 0.2) is 18.2 Å². The number of aliphatic carboxylic acids is 1. The molecule has 1 rings (SSSR count). The lowest BCUT2D eigenvalue weighted by Crippen LogP contribution is -2.29. The molecule has 0 aromatic heterocycles. The number of ether oxygens (including phenoxy) is 1. The Balaban J connectivity index is 2.69. The number of rotatable bonds is 8. The zero-order chi connectivity index (χ0) is 16.0. The highest BCUT2D eigenvalue weighted by Gasteiger charge is 2.18. The second-order valence-electron chi connectivity index (χ2n) is 4.54. The van der Waals surface area contributed by atoms with E-state index >= 15 is 0 Å². The number of halogens is 1. The molecule has 0 saturated carbocycles. The molecule has 1 aromatic rings. The van der Waals surface area contributed by atoms with Gasteiger partial charge in [-0.2, -0.15) is 0 Å². The second-order valence-corrected chi connectivity index (χ2v) is 6.73. The monoisotopic (exact) mass is 319 g/mol. The number of hydrogen-bond acceptors (Lipinski definition) is 4. The van der Waals surface area contributed by atoms with Gasteiger partial charge in [0.2, 0.25) is 10.0 Å². The Morgan fingerprint density at radius 1 is 1.43 bits per heavy atom. The topological polar surface area (TPSA) is 83.9 Å². The minimum Gasteiger partial charge on any atom is -0.494 e. The molecule has 0 unspecified atom stereocenters. The largest absolute Gasteiger partial charge is 0.494 e. The van der Waals surface area contributed by atoms with Crippen LogP contribution in [-0.4, -0.2) is 43.7 Å². The molecule has 0 aliphatic heterocycles. The summed E-state index contributed by atoms with van der Waals surface area (Å²) >= 11 is 0. The summed E-state index contributed by atoms with van der Waals surface area (Å²) in [6, 6.07) is 4.21. The number of hydrogen-bond donors (Lipinski definition) is 1. The van der Waals surface area contributed by atoms with E-state index in [9.17, 15) is 17.6 Å². The van der Waals surface area contributed by atoms with Gasteiger partial charge in [0.05, 0.1) is 12.9 Å². The molecule has 6 nitrogen and oxygen atoms in total. The van der Waals surface area contributed by atoms with E-state index in [1.807, 2.05) is 0 Å². The molecule has 1 aromatic carbocycles. The molecule has 0 bridgehead atoms. The van der Waals surface area contributed by atoms with Crippen molar-refractivity contribution in [3.63, 3.8) is 0 Å². The van der Waals surface area contributed by atoms with Crippen LogP contribution in [0.1, 0.15) is 18.4 Å². The van der Waals surface area contributed by atoms with Crippen LogP contribution in [0.5, 0.6) is 5.75 Å². The van der Waals surface area contributed by atoms with Gasteiger partial charge in [0, 0.05) is 20.0 Å². The third kappa shape index (κ3) is 5.31. The second kappa shape index (κ2) is 7.37. The third-order valence-electron chi connectivity index (χ3n) is 2.89. The molecule has 0 spiro atoms. The van der Waals surface area contributed by atoms with Crippen molar-refractivity contribution in [2.45, 2.75) is 19.4 Å². The van der Waals surface area contributed by atoms with E-state index in [4.69, 9.17) is 9.84 Å². The molecule has 21 heavy (non-hydrogen) atoms. The van der Waals surface area contributed by atoms with Crippen LogP contribution in [-0.2, 0) is 21.4 Å². The van der Waals surface area contributed by atoms with Gasteiger partial charge >= 0.3 is 5.97 Å². The maximum Gasteiger partial charge on any atom is 0.303 e. The lowest BCUT2D eigenvalue weighted by molar-refractivity contribution is -0.137. The Hall–Kier alpha value is -1.67. The van der Waals surface area contributed by atoms with Crippen molar-refractivity contribution in [2.24, 2.45) is 0 Å². The van der Waals surface area contributed by atoms with Crippen LogP contribution >= 0.6 is 0 Å². The molecule has 0 fully saturated rings. The van der Waals surface area contributed by atoms with Crippen molar-refractivity contribution in [1.82, 2.24) is 4.31 Å². The molecule has 0 saturated heterocycles. The predicted molar refractivity (Wildman–Crippen MR) is 75.1 cm³/mol. The Labute approximate surface area is 123 Å². The number of carboxylic acid groups (broad SMARTS) is 1. The Morgan fingerprint density at radius 2 is 2.10 bits per heavy atom. The highest BCUT2D eigenvalue weighted by Crippen LogP contribution is 2.19. The van der Waals surface area contributed by atoms with Crippen LogP contribution < -0.4 is 4.74 Å². The van der Waals surface area contributed by atoms with Crippen LogP contribution in [0.25, 0.3) is 0 Å². The molecular weight excluding hydrogens is 301 g/mol. The molecule has 0 amide bonds. The van der Waals surface area contributed by atoms with Crippen molar-refractivity contribution in [3.05, 3.63) is 29.6 Å². The van der Waals surface area contributed by atoms with E-state index in [0.717, 1.165) is 4.31 Å². The lowest BCUT2D eigenvalue weighted by Gasteiger charge is -2.17. The highest BCUT2D eigenvalue weighted by molar-refractivity contribution is 7.89. The van der Waals surface area contributed by atoms with Crippen molar-refractivity contribution >= 4 is 16.0 Å². The number of methoxy groups -OCH3 is 1. The SMILES string of the molecule is COc1ccc(CN(C)S(=O)(=O)CCCC(=O)O)cc1F. The summed E-state index contributed by atoms with van der Waals surface area (Å²) in [6.45, 7) is 0.0102. The average Bonchev–Trinajstić information content (AvgIpc) is 2.38. The number of benzene rings is 1. The molecule has 0 radical (unpaired) electrons. The van der Waals surface area contributed by atoms with E-state index in [1.54, 1.807) is 6.07 Å². The van der Waals surface area contributed by atoms with Crippen LogP contribution in [0, 0.1) is 5.82 Å². The van der Waals surface area contributed by atoms with Gasteiger partial charge in [0.1, 0.15) is 0 Å². The smallest absolute Gasteiger partial charge is 0.303 e. The number of sulfonamides is 1.